The molecule has 0 fully saturated rings. The molecule has 0 unspecified atom stereocenters. The molecule has 2 heteroatoms. The molecule has 1 aromatic rings. The van der Waals surface area contributed by atoms with Crippen LogP contribution in [0, 0.1) is 0 Å². The van der Waals surface area contributed by atoms with Crippen LogP contribution < -0.4 is 0 Å². The molecule has 0 aliphatic rings. The number of unbranched alkanes of at least 4 members (excludes halogenated alkanes) is 1. The summed E-state index contributed by atoms with van der Waals surface area (Å²) in [7, 11) is 0. The molecular formula is C14H20O2. The third-order valence-corrected chi connectivity index (χ3v) is 3.00. The van der Waals surface area contributed by atoms with Crippen molar-refractivity contribution < 1.29 is 9.90 Å². The van der Waals surface area contributed by atoms with Crippen LogP contribution in [0.25, 0.3) is 0 Å². The Labute approximate surface area is 97.3 Å². The quantitative estimate of drug-likeness (QED) is 0.748. The van der Waals surface area contributed by atoms with Gasteiger partial charge in [-0.25, -0.2) is 0 Å². The summed E-state index contributed by atoms with van der Waals surface area (Å²) in [6.45, 7) is 4.09. The van der Waals surface area contributed by atoms with Crippen LogP contribution in [0.15, 0.2) is 30.3 Å². The summed E-state index contributed by atoms with van der Waals surface area (Å²) in [6.07, 6.45) is 2.02. The fraction of sp³-hybridized carbons (Fsp3) is 0.500. The predicted molar refractivity (Wildman–Crippen MR) is 65.4 cm³/mol. The van der Waals surface area contributed by atoms with Crippen molar-refractivity contribution in [3.8, 4) is 0 Å². The van der Waals surface area contributed by atoms with Gasteiger partial charge in [0.25, 0.3) is 0 Å². The fourth-order valence-corrected chi connectivity index (χ4v) is 1.73. The molecule has 0 saturated heterocycles. The third kappa shape index (κ3) is 3.17. The van der Waals surface area contributed by atoms with Gasteiger partial charge in [-0.15, -0.1) is 0 Å². The van der Waals surface area contributed by atoms with E-state index in [1.807, 2.05) is 44.2 Å². The number of hydrogen-bond donors (Lipinski definition) is 1. The zero-order valence-electron chi connectivity index (χ0n) is 10.1. The van der Waals surface area contributed by atoms with Crippen LogP contribution >= 0.6 is 0 Å². The minimum Gasteiger partial charge on any atom is -0.396 e. The topological polar surface area (TPSA) is 37.3 Å². The first-order valence-electron chi connectivity index (χ1n) is 5.78. The van der Waals surface area contributed by atoms with Gasteiger partial charge in [0.15, 0.2) is 0 Å². The van der Waals surface area contributed by atoms with Crippen molar-refractivity contribution >= 4 is 5.78 Å². The van der Waals surface area contributed by atoms with Gasteiger partial charge in [-0.3, -0.25) is 4.79 Å². The lowest BCUT2D eigenvalue weighted by atomic mass is 9.79. The van der Waals surface area contributed by atoms with Gasteiger partial charge in [0, 0.05) is 18.4 Å². The molecule has 1 rings (SSSR count). The van der Waals surface area contributed by atoms with Crippen LogP contribution in [0.5, 0.6) is 0 Å². The number of carbonyl (C=O) groups excluding carboxylic acids is 1. The minimum atomic E-state index is -0.420. The van der Waals surface area contributed by atoms with Crippen molar-refractivity contribution in [3.05, 3.63) is 35.9 Å². The lowest BCUT2D eigenvalue weighted by Gasteiger charge is -2.23. The Bertz CT molecular complexity index is 328. The highest BCUT2D eigenvalue weighted by Crippen LogP contribution is 2.25. The highest BCUT2D eigenvalue weighted by molar-refractivity contribution is 5.89. The Hall–Kier alpha value is -1.15. The molecule has 0 aliphatic heterocycles. The van der Waals surface area contributed by atoms with E-state index in [1.54, 1.807) is 0 Å². The van der Waals surface area contributed by atoms with Gasteiger partial charge in [0.2, 0.25) is 0 Å². The van der Waals surface area contributed by atoms with Gasteiger partial charge in [-0.1, -0.05) is 30.3 Å². The molecule has 1 N–H and O–H groups in total. The lowest BCUT2D eigenvalue weighted by Crippen LogP contribution is -2.28. The van der Waals surface area contributed by atoms with Crippen LogP contribution in [0.1, 0.15) is 38.7 Å². The van der Waals surface area contributed by atoms with E-state index in [2.05, 4.69) is 0 Å². The maximum Gasteiger partial charge on any atom is 0.142 e. The first kappa shape index (κ1) is 12.9. The second kappa shape index (κ2) is 5.80. The van der Waals surface area contributed by atoms with Crippen molar-refractivity contribution in [2.24, 2.45) is 0 Å². The second-order valence-electron chi connectivity index (χ2n) is 4.59. The predicted octanol–water partition coefficient (Wildman–Crippen LogP) is 2.70. The number of Topliss-reactive ketones (excluding diaryl/α,β-unsaturated/α-hetero) is 1. The zero-order chi connectivity index (χ0) is 12.0. The monoisotopic (exact) mass is 220 g/mol. The van der Waals surface area contributed by atoms with Gasteiger partial charge < -0.3 is 5.11 Å². The number of aliphatic hydroxyl groups is 1. The van der Waals surface area contributed by atoms with E-state index >= 15 is 0 Å². The minimum absolute atomic E-state index is 0.166. The zero-order valence-corrected chi connectivity index (χ0v) is 10.1. The van der Waals surface area contributed by atoms with E-state index < -0.39 is 5.41 Å². The Morgan fingerprint density at radius 3 is 2.38 bits per heavy atom. The van der Waals surface area contributed by atoms with E-state index in [0.29, 0.717) is 12.8 Å². The van der Waals surface area contributed by atoms with Crippen molar-refractivity contribution in [2.75, 3.05) is 6.61 Å². The normalized spacial score (nSPS) is 11.4. The molecule has 2 nitrogen and oxygen atoms in total. The number of carbonyl (C=O) groups is 1. The molecule has 16 heavy (non-hydrogen) atoms. The van der Waals surface area contributed by atoms with Crippen molar-refractivity contribution in [1.29, 1.82) is 0 Å². The third-order valence-electron chi connectivity index (χ3n) is 3.00. The second-order valence-corrected chi connectivity index (χ2v) is 4.59. The standard InChI is InChI=1S/C14H20O2/c1-14(2,12-8-4-3-5-9-12)13(16)10-6-7-11-15/h3-5,8-9,15H,6-7,10-11H2,1-2H3. The molecule has 0 heterocycles. The van der Waals surface area contributed by atoms with Crippen molar-refractivity contribution in [1.82, 2.24) is 0 Å². The van der Waals surface area contributed by atoms with E-state index in [9.17, 15) is 4.79 Å². The average Bonchev–Trinajstić information content (AvgIpc) is 2.30. The highest BCUT2D eigenvalue weighted by Gasteiger charge is 2.28. The Balaban J connectivity index is 2.66. The number of benzene rings is 1. The SMILES string of the molecule is CC(C)(C(=O)CCCCO)c1ccccc1. The lowest BCUT2D eigenvalue weighted by molar-refractivity contribution is -0.123. The van der Waals surface area contributed by atoms with E-state index in [4.69, 9.17) is 5.11 Å². The summed E-state index contributed by atoms with van der Waals surface area (Å²) in [5.41, 5.74) is 0.639. The summed E-state index contributed by atoms with van der Waals surface area (Å²) in [6, 6.07) is 9.85. The van der Waals surface area contributed by atoms with Crippen LogP contribution in [0.2, 0.25) is 0 Å². The van der Waals surface area contributed by atoms with E-state index in [-0.39, 0.29) is 12.4 Å². The smallest absolute Gasteiger partial charge is 0.142 e. The number of ketones is 1. The number of rotatable bonds is 6. The Kier molecular flexibility index (Phi) is 4.69. The summed E-state index contributed by atoms with van der Waals surface area (Å²) in [5, 5.41) is 8.69. The molecule has 0 aromatic heterocycles. The van der Waals surface area contributed by atoms with Crippen LogP contribution in [-0.2, 0) is 10.2 Å². The molecule has 0 aliphatic carbocycles. The fourth-order valence-electron chi connectivity index (χ4n) is 1.73. The Morgan fingerprint density at radius 2 is 1.81 bits per heavy atom. The molecule has 0 bridgehead atoms. The van der Waals surface area contributed by atoms with Gasteiger partial charge in [-0.2, -0.15) is 0 Å². The largest absolute Gasteiger partial charge is 0.396 e. The molecule has 88 valence electrons. The van der Waals surface area contributed by atoms with E-state index in [1.165, 1.54) is 0 Å². The van der Waals surface area contributed by atoms with Crippen LogP contribution in [0.4, 0.5) is 0 Å². The maximum absolute atomic E-state index is 12.1. The van der Waals surface area contributed by atoms with Crippen LogP contribution in [-0.4, -0.2) is 17.5 Å². The van der Waals surface area contributed by atoms with Gasteiger partial charge >= 0.3 is 0 Å². The van der Waals surface area contributed by atoms with Gasteiger partial charge in [-0.05, 0) is 32.3 Å². The van der Waals surface area contributed by atoms with Gasteiger partial charge in [0.05, 0.1) is 0 Å². The summed E-state index contributed by atoms with van der Waals surface area (Å²) < 4.78 is 0. The number of aliphatic hydroxyl groups excluding tert-OH is 1. The first-order valence-corrected chi connectivity index (χ1v) is 5.78. The molecule has 0 atom stereocenters. The summed E-state index contributed by atoms with van der Waals surface area (Å²) in [4.78, 5) is 12.1. The average molecular weight is 220 g/mol. The molecule has 0 saturated carbocycles. The van der Waals surface area contributed by atoms with Crippen molar-refractivity contribution in [3.63, 3.8) is 0 Å². The van der Waals surface area contributed by atoms with Crippen LogP contribution in [0.3, 0.4) is 0 Å². The number of hydrogen-bond acceptors (Lipinski definition) is 2. The summed E-state index contributed by atoms with van der Waals surface area (Å²) >= 11 is 0. The maximum atomic E-state index is 12.1. The molecule has 0 spiro atoms. The molecule has 0 radical (unpaired) electrons. The molecule has 1 aromatic carbocycles. The molecular weight excluding hydrogens is 200 g/mol. The van der Waals surface area contributed by atoms with Gasteiger partial charge in [0.1, 0.15) is 5.78 Å². The van der Waals surface area contributed by atoms with Crippen molar-refractivity contribution in [2.45, 2.75) is 38.5 Å². The van der Waals surface area contributed by atoms with E-state index in [0.717, 1.165) is 12.0 Å². The Morgan fingerprint density at radius 1 is 1.19 bits per heavy atom. The molecule has 0 amide bonds. The first-order chi connectivity index (χ1) is 7.59. The highest BCUT2D eigenvalue weighted by atomic mass is 16.2. The summed E-state index contributed by atoms with van der Waals surface area (Å²) in [5.74, 6) is 0.243.